The maximum absolute atomic E-state index is 10.2. The molecule has 1 rings (SSSR count). The Labute approximate surface area is 101 Å². The molecule has 1 heterocycles. The van der Waals surface area contributed by atoms with Gasteiger partial charge in [0.1, 0.15) is 0 Å². The van der Waals surface area contributed by atoms with Gasteiger partial charge in [-0.05, 0) is 33.1 Å². The van der Waals surface area contributed by atoms with Crippen LogP contribution >= 0.6 is 0 Å². The first-order chi connectivity index (χ1) is 7.30. The van der Waals surface area contributed by atoms with E-state index in [1.165, 1.54) is 19.3 Å². The fraction of sp³-hybridized carbons (Fsp3) is 1.00. The van der Waals surface area contributed by atoms with E-state index in [4.69, 9.17) is 0 Å². The highest BCUT2D eigenvalue weighted by Crippen LogP contribution is 2.43. The quantitative estimate of drug-likeness (QED) is 0.730. The molecule has 1 unspecified atom stereocenters. The number of aliphatic hydroxyl groups is 1. The van der Waals surface area contributed by atoms with Crippen LogP contribution in [-0.2, 0) is 0 Å². The van der Waals surface area contributed by atoms with Crippen molar-refractivity contribution in [2.75, 3.05) is 0 Å². The third-order valence-electron chi connectivity index (χ3n) is 3.64. The molecule has 0 spiro atoms. The van der Waals surface area contributed by atoms with E-state index < -0.39 is 0 Å². The van der Waals surface area contributed by atoms with Crippen molar-refractivity contribution in [2.24, 2.45) is 5.92 Å². The molecular weight excluding hydrogens is 198 g/mol. The number of aliphatic hydroxyl groups excluding tert-OH is 1. The van der Waals surface area contributed by atoms with E-state index in [0.717, 1.165) is 0 Å². The Kier molecular flexibility index (Phi) is 4.42. The van der Waals surface area contributed by atoms with Crippen LogP contribution in [0.25, 0.3) is 0 Å². The van der Waals surface area contributed by atoms with Crippen molar-refractivity contribution in [3.05, 3.63) is 0 Å². The Bertz CT molecular complexity index is 219. The third kappa shape index (κ3) is 2.98. The maximum atomic E-state index is 10.2. The van der Waals surface area contributed by atoms with Gasteiger partial charge in [0.15, 0.2) is 0 Å². The van der Waals surface area contributed by atoms with Crippen LogP contribution in [0.15, 0.2) is 0 Å². The minimum Gasteiger partial charge on any atom is -0.391 e. The third-order valence-corrected chi connectivity index (χ3v) is 3.64. The van der Waals surface area contributed by atoms with Gasteiger partial charge in [0.25, 0.3) is 0 Å². The lowest BCUT2D eigenvalue weighted by atomic mass is 10.0. The predicted octanol–water partition coefficient (Wildman–Crippen LogP) is 3.04. The summed E-state index contributed by atoms with van der Waals surface area (Å²) in [5.74, 6) is 0.362. The van der Waals surface area contributed by atoms with Gasteiger partial charge in [-0.15, -0.1) is 0 Å². The Morgan fingerprint density at radius 2 is 1.81 bits per heavy atom. The number of rotatable bonds is 5. The van der Waals surface area contributed by atoms with Gasteiger partial charge >= 0.3 is 0 Å². The van der Waals surface area contributed by atoms with E-state index in [1.54, 1.807) is 0 Å². The topological polar surface area (TPSA) is 23.2 Å². The van der Waals surface area contributed by atoms with Crippen LogP contribution in [0, 0.1) is 5.92 Å². The molecule has 2 nitrogen and oxygen atoms in total. The van der Waals surface area contributed by atoms with Crippen molar-refractivity contribution >= 4 is 0 Å². The standard InChI is InChI=1S/C14H29NO/c1-7-8-9-11-12(13(16)10(2)3)15(11)14(4,5)6/h10-13,16H,7-9H2,1-6H3/t11-,12-,13+,15?/m0/s1. The smallest absolute Gasteiger partial charge is 0.0733 e. The van der Waals surface area contributed by atoms with Crippen molar-refractivity contribution in [1.82, 2.24) is 4.90 Å². The lowest BCUT2D eigenvalue weighted by Crippen LogP contribution is -2.33. The molecule has 1 fully saturated rings. The minimum atomic E-state index is -0.166. The van der Waals surface area contributed by atoms with E-state index in [-0.39, 0.29) is 11.6 Å². The molecule has 1 saturated heterocycles. The van der Waals surface area contributed by atoms with E-state index in [2.05, 4.69) is 46.4 Å². The Balaban J connectivity index is 2.61. The second-order valence-corrected chi connectivity index (χ2v) is 6.51. The molecule has 0 saturated carbocycles. The second-order valence-electron chi connectivity index (χ2n) is 6.51. The van der Waals surface area contributed by atoms with Gasteiger partial charge in [-0.25, -0.2) is 0 Å². The summed E-state index contributed by atoms with van der Waals surface area (Å²) in [5, 5.41) is 10.2. The summed E-state index contributed by atoms with van der Waals surface area (Å²) in [5.41, 5.74) is 0.193. The molecule has 0 aliphatic carbocycles. The molecular formula is C14H29NO. The van der Waals surface area contributed by atoms with Crippen molar-refractivity contribution in [2.45, 2.75) is 84.5 Å². The van der Waals surface area contributed by atoms with Gasteiger partial charge in [0, 0.05) is 11.6 Å². The zero-order chi connectivity index (χ0) is 12.5. The van der Waals surface area contributed by atoms with Gasteiger partial charge in [-0.3, -0.25) is 4.90 Å². The molecule has 4 atom stereocenters. The van der Waals surface area contributed by atoms with E-state index >= 15 is 0 Å². The van der Waals surface area contributed by atoms with Crippen LogP contribution in [0.5, 0.6) is 0 Å². The molecule has 1 aliphatic heterocycles. The first kappa shape index (κ1) is 14.0. The summed E-state index contributed by atoms with van der Waals surface area (Å²) in [6.07, 6.45) is 3.60. The van der Waals surface area contributed by atoms with Gasteiger partial charge in [-0.2, -0.15) is 0 Å². The highest BCUT2D eigenvalue weighted by atomic mass is 16.3. The summed E-state index contributed by atoms with van der Waals surface area (Å²) < 4.78 is 0. The molecule has 1 N–H and O–H groups in total. The fourth-order valence-electron chi connectivity index (χ4n) is 2.75. The monoisotopic (exact) mass is 227 g/mol. The fourth-order valence-corrected chi connectivity index (χ4v) is 2.75. The van der Waals surface area contributed by atoms with Gasteiger partial charge in [0.2, 0.25) is 0 Å². The minimum absolute atomic E-state index is 0.166. The van der Waals surface area contributed by atoms with E-state index in [1.807, 2.05) is 0 Å². The molecule has 96 valence electrons. The molecule has 0 radical (unpaired) electrons. The molecule has 16 heavy (non-hydrogen) atoms. The van der Waals surface area contributed by atoms with Crippen LogP contribution in [0.3, 0.4) is 0 Å². The molecule has 0 amide bonds. The van der Waals surface area contributed by atoms with Crippen molar-refractivity contribution < 1.29 is 5.11 Å². The van der Waals surface area contributed by atoms with Crippen LogP contribution in [-0.4, -0.2) is 33.7 Å². The number of hydrogen-bond donors (Lipinski definition) is 1. The molecule has 2 heteroatoms. The van der Waals surface area contributed by atoms with E-state index in [9.17, 15) is 5.11 Å². The van der Waals surface area contributed by atoms with Crippen molar-refractivity contribution in [3.8, 4) is 0 Å². The highest BCUT2D eigenvalue weighted by Gasteiger charge is 2.55. The van der Waals surface area contributed by atoms with Gasteiger partial charge in [0.05, 0.1) is 12.1 Å². The summed E-state index contributed by atoms with van der Waals surface area (Å²) in [4.78, 5) is 2.49. The van der Waals surface area contributed by atoms with Crippen LogP contribution in [0.4, 0.5) is 0 Å². The SMILES string of the molecule is CCCC[C@H]1[C@@H]([C@H](O)C(C)C)N1C(C)(C)C. The predicted molar refractivity (Wildman–Crippen MR) is 69.5 cm³/mol. The summed E-state index contributed by atoms with van der Waals surface area (Å²) >= 11 is 0. The van der Waals surface area contributed by atoms with Gasteiger partial charge in [-0.1, -0.05) is 33.6 Å². The lowest BCUT2D eigenvalue weighted by molar-refractivity contribution is 0.0953. The van der Waals surface area contributed by atoms with E-state index in [0.29, 0.717) is 18.0 Å². The number of nitrogens with zero attached hydrogens (tertiary/aromatic N) is 1. The van der Waals surface area contributed by atoms with Crippen molar-refractivity contribution in [1.29, 1.82) is 0 Å². The normalized spacial score (nSPS) is 31.9. The molecule has 0 aromatic rings. The molecule has 0 aromatic carbocycles. The highest BCUT2D eigenvalue weighted by molar-refractivity contribution is 5.11. The summed E-state index contributed by atoms with van der Waals surface area (Å²) in [6, 6.07) is 1.00. The van der Waals surface area contributed by atoms with Crippen molar-refractivity contribution in [3.63, 3.8) is 0 Å². The zero-order valence-electron chi connectivity index (χ0n) is 11.8. The number of unbranched alkanes of at least 4 members (excludes halogenated alkanes) is 1. The molecule has 1 aliphatic rings. The Hall–Kier alpha value is -0.0800. The average Bonchev–Trinajstić information content (AvgIpc) is 2.86. The second kappa shape index (κ2) is 5.05. The number of hydrogen-bond acceptors (Lipinski definition) is 2. The Morgan fingerprint density at radius 3 is 2.19 bits per heavy atom. The first-order valence-electron chi connectivity index (χ1n) is 6.77. The summed E-state index contributed by atoms with van der Waals surface area (Å²) in [7, 11) is 0. The summed E-state index contributed by atoms with van der Waals surface area (Å²) in [6.45, 7) is 13.2. The molecule has 0 bridgehead atoms. The van der Waals surface area contributed by atoms with Gasteiger partial charge < -0.3 is 5.11 Å². The average molecular weight is 227 g/mol. The molecule has 0 aromatic heterocycles. The Morgan fingerprint density at radius 1 is 1.25 bits per heavy atom. The van der Waals surface area contributed by atoms with Crippen LogP contribution in [0.2, 0.25) is 0 Å². The van der Waals surface area contributed by atoms with Crippen LogP contribution in [0.1, 0.15) is 60.8 Å². The lowest BCUT2D eigenvalue weighted by Gasteiger charge is -2.24. The van der Waals surface area contributed by atoms with Crippen LogP contribution < -0.4 is 0 Å². The zero-order valence-corrected chi connectivity index (χ0v) is 11.8. The first-order valence-corrected chi connectivity index (χ1v) is 6.77. The largest absolute Gasteiger partial charge is 0.391 e. The maximum Gasteiger partial charge on any atom is 0.0733 e.